The van der Waals surface area contributed by atoms with Crippen LogP contribution in [0.15, 0.2) is 85.1 Å². The van der Waals surface area contributed by atoms with Crippen LogP contribution in [0.3, 0.4) is 0 Å². The number of rotatable bonds is 3. The smallest absolute Gasteiger partial charge is 0.141 e. The molecule has 4 heteroatoms. The van der Waals surface area contributed by atoms with E-state index < -0.39 is 0 Å². The minimum atomic E-state index is -0.194. The normalized spacial score (nSPS) is 14.3. The summed E-state index contributed by atoms with van der Waals surface area (Å²) in [7, 11) is 0. The summed E-state index contributed by atoms with van der Waals surface area (Å²) in [6, 6.07) is 27.5. The SMILES string of the molecule is CC(C)c1cc(-c2ccc3c(c2)N(c2cc(C(C)(C)C)ccn2)c2ccccc2C3(C)C)nc2c(O)cccc12. The number of fused-ring (bicyclic) bond motifs is 3. The van der Waals surface area contributed by atoms with Crippen molar-refractivity contribution in [3.05, 3.63) is 107 Å². The van der Waals surface area contributed by atoms with Gasteiger partial charge in [-0.3, -0.25) is 4.90 Å². The topological polar surface area (TPSA) is 49.2 Å². The first-order valence-corrected chi connectivity index (χ1v) is 14.1. The predicted molar refractivity (Wildman–Crippen MR) is 166 cm³/mol. The molecule has 3 aromatic carbocycles. The zero-order valence-corrected chi connectivity index (χ0v) is 24.4. The van der Waals surface area contributed by atoms with Gasteiger partial charge in [0.1, 0.15) is 17.1 Å². The summed E-state index contributed by atoms with van der Waals surface area (Å²) in [5.41, 5.74) is 9.49. The molecule has 3 heterocycles. The Hall–Kier alpha value is -4.18. The molecule has 0 unspecified atom stereocenters. The Morgan fingerprint density at radius 3 is 2.33 bits per heavy atom. The molecule has 0 saturated heterocycles. The van der Waals surface area contributed by atoms with Gasteiger partial charge in [-0.25, -0.2) is 9.97 Å². The van der Waals surface area contributed by atoms with Crippen molar-refractivity contribution >= 4 is 28.1 Å². The number of aromatic hydroxyl groups is 1. The van der Waals surface area contributed by atoms with Crippen molar-refractivity contribution in [1.82, 2.24) is 9.97 Å². The van der Waals surface area contributed by atoms with Crippen LogP contribution in [0.5, 0.6) is 5.75 Å². The first-order valence-electron chi connectivity index (χ1n) is 14.1. The Morgan fingerprint density at radius 1 is 0.825 bits per heavy atom. The van der Waals surface area contributed by atoms with Gasteiger partial charge in [0, 0.05) is 22.6 Å². The number of aromatic nitrogens is 2. The van der Waals surface area contributed by atoms with E-state index in [9.17, 15) is 5.11 Å². The van der Waals surface area contributed by atoms with Crippen molar-refractivity contribution in [1.29, 1.82) is 0 Å². The second kappa shape index (κ2) is 9.19. The summed E-state index contributed by atoms with van der Waals surface area (Å²) in [4.78, 5) is 12.2. The Morgan fingerprint density at radius 2 is 1.57 bits per heavy atom. The number of phenolic OH excluding ortho intramolecular Hbond substituents is 1. The predicted octanol–water partition coefficient (Wildman–Crippen LogP) is 9.53. The molecule has 0 saturated carbocycles. The maximum atomic E-state index is 10.7. The van der Waals surface area contributed by atoms with Crippen LogP contribution >= 0.6 is 0 Å². The maximum absolute atomic E-state index is 10.7. The van der Waals surface area contributed by atoms with E-state index in [1.54, 1.807) is 6.07 Å². The molecule has 0 spiro atoms. The van der Waals surface area contributed by atoms with Crippen molar-refractivity contribution in [2.75, 3.05) is 4.90 Å². The number of pyridine rings is 2. The second-order valence-electron chi connectivity index (χ2n) is 12.8. The van der Waals surface area contributed by atoms with Gasteiger partial charge in [0.05, 0.1) is 17.1 Å². The Balaban J connectivity index is 1.61. The van der Waals surface area contributed by atoms with Gasteiger partial charge in [0.25, 0.3) is 0 Å². The lowest BCUT2D eigenvalue weighted by Gasteiger charge is -2.42. The summed E-state index contributed by atoms with van der Waals surface area (Å²) in [6.07, 6.45) is 1.92. The van der Waals surface area contributed by atoms with Gasteiger partial charge in [-0.2, -0.15) is 0 Å². The summed E-state index contributed by atoms with van der Waals surface area (Å²) < 4.78 is 0. The third kappa shape index (κ3) is 4.14. The molecule has 4 nitrogen and oxygen atoms in total. The van der Waals surface area contributed by atoms with Crippen LogP contribution in [0, 0.1) is 0 Å². The Labute approximate surface area is 237 Å². The Kier molecular flexibility index (Phi) is 5.99. The fraction of sp³-hybridized carbons (Fsp3) is 0.278. The van der Waals surface area contributed by atoms with Crippen LogP contribution in [-0.4, -0.2) is 15.1 Å². The molecule has 6 rings (SSSR count). The molecule has 5 aromatic rings. The van der Waals surface area contributed by atoms with Gasteiger partial charge in [0.15, 0.2) is 0 Å². The van der Waals surface area contributed by atoms with E-state index in [-0.39, 0.29) is 22.5 Å². The van der Waals surface area contributed by atoms with Gasteiger partial charge in [0.2, 0.25) is 0 Å². The summed E-state index contributed by atoms with van der Waals surface area (Å²) in [5.74, 6) is 1.40. The molecule has 0 fully saturated rings. The molecule has 0 radical (unpaired) electrons. The highest BCUT2D eigenvalue weighted by molar-refractivity contribution is 5.91. The number of benzene rings is 3. The van der Waals surface area contributed by atoms with E-state index in [1.165, 1.54) is 22.3 Å². The molecule has 1 N–H and O–H groups in total. The third-order valence-corrected chi connectivity index (χ3v) is 8.34. The lowest BCUT2D eigenvalue weighted by atomic mass is 9.73. The van der Waals surface area contributed by atoms with Crippen LogP contribution in [0.25, 0.3) is 22.2 Å². The lowest BCUT2D eigenvalue weighted by Crippen LogP contribution is -2.31. The van der Waals surface area contributed by atoms with Crippen LogP contribution in [0.4, 0.5) is 17.2 Å². The minimum absolute atomic E-state index is 0.00120. The number of nitrogens with zero attached hydrogens (tertiary/aromatic N) is 3. The summed E-state index contributed by atoms with van der Waals surface area (Å²) in [5, 5.41) is 11.7. The van der Waals surface area contributed by atoms with Gasteiger partial charge in [-0.05, 0) is 70.0 Å². The Bertz CT molecular complexity index is 1760. The molecular formula is C36H37N3O. The van der Waals surface area contributed by atoms with Gasteiger partial charge >= 0.3 is 0 Å². The molecule has 2 aromatic heterocycles. The van der Waals surface area contributed by atoms with E-state index >= 15 is 0 Å². The first-order chi connectivity index (χ1) is 19.0. The highest BCUT2D eigenvalue weighted by Crippen LogP contribution is 2.52. The van der Waals surface area contributed by atoms with E-state index in [2.05, 4.69) is 114 Å². The maximum Gasteiger partial charge on any atom is 0.141 e. The minimum Gasteiger partial charge on any atom is -0.506 e. The fourth-order valence-corrected chi connectivity index (χ4v) is 6.02. The van der Waals surface area contributed by atoms with Crippen LogP contribution in [0.1, 0.15) is 76.6 Å². The lowest BCUT2D eigenvalue weighted by molar-refractivity contribution is 0.480. The number of phenols is 1. The van der Waals surface area contributed by atoms with Gasteiger partial charge < -0.3 is 5.11 Å². The van der Waals surface area contributed by atoms with Crippen LogP contribution < -0.4 is 4.90 Å². The number of para-hydroxylation sites is 2. The third-order valence-electron chi connectivity index (χ3n) is 8.34. The van der Waals surface area contributed by atoms with E-state index in [0.717, 1.165) is 33.8 Å². The average molecular weight is 528 g/mol. The molecule has 0 bridgehead atoms. The molecule has 1 aliphatic heterocycles. The number of anilines is 3. The number of hydrogen-bond donors (Lipinski definition) is 1. The molecule has 0 atom stereocenters. The highest BCUT2D eigenvalue weighted by Gasteiger charge is 2.37. The zero-order valence-electron chi connectivity index (χ0n) is 24.4. The van der Waals surface area contributed by atoms with Crippen LogP contribution in [-0.2, 0) is 10.8 Å². The monoisotopic (exact) mass is 527 g/mol. The quantitative estimate of drug-likeness (QED) is 0.254. The largest absolute Gasteiger partial charge is 0.506 e. The van der Waals surface area contributed by atoms with E-state index in [1.807, 2.05) is 18.3 Å². The van der Waals surface area contributed by atoms with Gasteiger partial charge in [-0.1, -0.05) is 90.9 Å². The van der Waals surface area contributed by atoms with Crippen molar-refractivity contribution in [2.24, 2.45) is 0 Å². The molecule has 0 aliphatic carbocycles. The molecule has 1 aliphatic rings. The highest BCUT2D eigenvalue weighted by atomic mass is 16.3. The standard InChI is InChI=1S/C36H37N3O/c1-22(2)26-21-29(38-34-25(26)11-10-14-32(34)40)23-15-16-28-31(19-23)39(30-13-9-8-12-27(30)36(28,6)7)33-20-24(17-18-37-33)35(3,4)5/h8-22,40H,1-7H3. The zero-order chi connectivity index (χ0) is 28.4. The number of hydrogen-bond acceptors (Lipinski definition) is 4. The molecule has 40 heavy (non-hydrogen) atoms. The van der Waals surface area contributed by atoms with Crippen LogP contribution in [0.2, 0.25) is 0 Å². The molecule has 202 valence electrons. The second-order valence-corrected chi connectivity index (χ2v) is 12.8. The fourth-order valence-electron chi connectivity index (χ4n) is 6.02. The average Bonchev–Trinajstić information content (AvgIpc) is 2.92. The molecule has 0 amide bonds. The summed E-state index contributed by atoms with van der Waals surface area (Å²) in [6.45, 7) is 15.7. The van der Waals surface area contributed by atoms with Crippen molar-refractivity contribution in [3.63, 3.8) is 0 Å². The van der Waals surface area contributed by atoms with Crippen molar-refractivity contribution < 1.29 is 5.11 Å². The first kappa shape index (κ1) is 26.1. The van der Waals surface area contributed by atoms with Crippen molar-refractivity contribution in [2.45, 2.75) is 65.2 Å². The van der Waals surface area contributed by atoms with E-state index in [4.69, 9.17) is 9.97 Å². The summed E-state index contributed by atoms with van der Waals surface area (Å²) >= 11 is 0. The molecular weight excluding hydrogens is 490 g/mol. The van der Waals surface area contributed by atoms with Crippen molar-refractivity contribution in [3.8, 4) is 17.0 Å². The van der Waals surface area contributed by atoms with E-state index in [0.29, 0.717) is 5.52 Å². The van der Waals surface area contributed by atoms with Gasteiger partial charge in [-0.15, -0.1) is 0 Å².